The van der Waals surface area contributed by atoms with Gasteiger partial charge >= 0.3 is 0 Å². The van der Waals surface area contributed by atoms with Crippen molar-refractivity contribution in [2.75, 3.05) is 32.2 Å². The van der Waals surface area contributed by atoms with Crippen LogP contribution in [0.5, 0.6) is 0 Å². The Morgan fingerprint density at radius 1 is 1.06 bits per heavy atom. The monoisotopic (exact) mass is 223 g/mol. The second kappa shape index (κ2) is 6.51. The van der Waals surface area contributed by atoms with Crippen LogP contribution in [0.4, 0.5) is 5.69 Å². The highest BCUT2D eigenvalue weighted by Crippen LogP contribution is 2.15. The third kappa shape index (κ3) is 3.83. The summed E-state index contributed by atoms with van der Waals surface area (Å²) in [7, 11) is 4.03. The molecule has 0 aliphatic rings. The number of hydrogen-bond acceptors (Lipinski definition) is 3. The lowest BCUT2D eigenvalue weighted by molar-refractivity contribution is 0.144. The highest BCUT2D eigenvalue weighted by Gasteiger charge is 2.05. The van der Waals surface area contributed by atoms with Gasteiger partial charge in [-0.15, -0.1) is 0 Å². The van der Waals surface area contributed by atoms with Gasteiger partial charge in [-0.2, -0.15) is 0 Å². The number of aliphatic hydroxyl groups is 2. The van der Waals surface area contributed by atoms with E-state index in [1.54, 1.807) is 0 Å². The minimum Gasteiger partial charge on any atom is -0.396 e. The van der Waals surface area contributed by atoms with Gasteiger partial charge in [0.05, 0.1) is 0 Å². The first-order valence-corrected chi connectivity index (χ1v) is 5.65. The van der Waals surface area contributed by atoms with Crippen molar-refractivity contribution in [3.8, 4) is 0 Å². The van der Waals surface area contributed by atoms with Crippen LogP contribution in [-0.4, -0.2) is 37.5 Å². The summed E-state index contributed by atoms with van der Waals surface area (Å²) in [6.07, 6.45) is 1.73. The summed E-state index contributed by atoms with van der Waals surface area (Å²) >= 11 is 0. The Morgan fingerprint density at radius 2 is 1.62 bits per heavy atom. The smallest absolute Gasteiger partial charge is 0.0481 e. The maximum atomic E-state index is 8.95. The van der Waals surface area contributed by atoms with E-state index in [0.717, 1.165) is 12.8 Å². The molecule has 0 saturated carbocycles. The van der Waals surface area contributed by atoms with E-state index in [2.05, 4.69) is 29.2 Å². The summed E-state index contributed by atoms with van der Waals surface area (Å²) in [5, 5.41) is 17.9. The van der Waals surface area contributed by atoms with E-state index in [-0.39, 0.29) is 19.1 Å². The van der Waals surface area contributed by atoms with Crippen molar-refractivity contribution in [1.82, 2.24) is 0 Å². The van der Waals surface area contributed by atoms with Crippen molar-refractivity contribution in [2.24, 2.45) is 5.92 Å². The second-order valence-electron chi connectivity index (χ2n) is 4.33. The molecule has 0 radical (unpaired) electrons. The summed E-state index contributed by atoms with van der Waals surface area (Å²) in [5.41, 5.74) is 2.43. The van der Waals surface area contributed by atoms with Crippen molar-refractivity contribution in [3.63, 3.8) is 0 Å². The molecule has 0 saturated heterocycles. The maximum absolute atomic E-state index is 8.95. The minimum atomic E-state index is 0.00789. The van der Waals surface area contributed by atoms with Crippen LogP contribution in [0.15, 0.2) is 24.3 Å². The first-order chi connectivity index (χ1) is 7.67. The van der Waals surface area contributed by atoms with E-state index in [1.807, 2.05) is 14.1 Å². The average Bonchev–Trinajstić information content (AvgIpc) is 2.31. The molecule has 90 valence electrons. The molecule has 0 bridgehead atoms. The van der Waals surface area contributed by atoms with E-state index in [0.29, 0.717) is 0 Å². The van der Waals surface area contributed by atoms with E-state index in [4.69, 9.17) is 10.2 Å². The summed E-state index contributed by atoms with van der Waals surface area (Å²) in [4.78, 5) is 2.06. The quantitative estimate of drug-likeness (QED) is 0.763. The van der Waals surface area contributed by atoms with Crippen LogP contribution < -0.4 is 4.90 Å². The molecule has 0 spiro atoms. The molecule has 0 aliphatic carbocycles. The van der Waals surface area contributed by atoms with Crippen molar-refractivity contribution in [2.45, 2.75) is 12.8 Å². The Bertz CT molecular complexity index is 291. The fourth-order valence-corrected chi connectivity index (χ4v) is 1.57. The van der Waals surface area contributed by atoms with Gasteiger partial charge in [-0.05, 0) is 30.5 Å². The second-order valence-corrected chi connectivity index (χ2v) is 4.33. The lowest BCUT2D eigenvalue weighted by Crippen LogP contribution is -2.12. The van der Waals surface area contributed by atoms with Gasteiger partial charge in [0.2, 0.25) is 0 Å². The number of rotatable bonds is 6. The molecule has 0 amide bonds. The van der Waals surface area contributed by atoms with Gasteiger partial charge in [-0.1, -0.05) is 12.1 Å². The van der Waals surface area contributed by atoms with Crippen molar-refractivity contribution in [1.29, 1.82) is 0 Å². The van der Waals surface area contributed by atoms with Crippen LogP contribution in [-0.2, 0) is 6.42 Å². The highest BCUT2D eigenvalue weighted by molar-refractivity contribution is 5.45. The molecule has 0 atom stereocenters. The number of benzene rings is 1. The van der Waals surface area contributed by atoms with Crippen molar-refractivity contribution < 1.29 is 10.2 Å². The van der Waals surface area contributed by atoms with Gasteiger partial charge in [0, 0.05) is 38.9 Å². The lowest BCUT2D eigenvalue weighted by Gasteiger charge is -2.13. The molecular formula is C13H21NO2. The van der Waals surface area contributed by atoms with Crippen LogP contribution in [0.2, 0.25) is 0 Å². The Morgan fingerprint density at radius 3 is 2.06 bits per heavy atom. The van der Waals surface area contributed by atoms with Gasteiger partial charge < -0.3 is 15.1 Å². The van der Waals surface area contributed by atoms with Gasteiger partial charge in [-0.3, -0.25) is 0 Å². The maximum Gasteiger partial charge on any atom is 0.0481 e. The first-order valence-electron chi connectivity index (χ1n) is 5.65. The van der Waals surface area contributed by atoms with Gasteiger partial charge in [0.15, 0.2) is 0 Å². The van der Waals surface area contributed by atoms with Crippen LogP contribution in [0, 0.1) is 5.92 Å². The fraction of sp³-hybridized carbons (Fsp3) is 0.538. The van der Waals surface area contributed by atoms with Crippen molar-refractivity contribution in [3.05, 3.63) is 29.8 Å². The first kappa shape index (κ1) is 13.0. The molecule has 1 aromatic carbocycles. The SMILES string of the molecule is CN(C)c1ccc(CCC(CO)CO)cc1. The third-order valence-electron chi connectivity index (χ3n) is 2.81. The van der Waals surface area contributed by atoms with Gasteiger partial charge in [0.1, 0.15) is 0 Å². The zero-order chi connectivity index (χ0) is 12.0. The van der Waals surface area contributed by atoms with E-state index in [1.165, 1.54) is 11.3 Å². The zero-order valence-electron chi connectivity index (χ0n) is 10.1. The number of aryl methyl sites for hydroxylation is 1. The Kier molecular flexibility index (Phi) is 5.29. The predicted octanol–water partition coefficient (Wildman–Crippen LogP) is 1.29. The minimum absolute atomic E-state index is 0.00789. The molecule has 0 aromatic heterocycles. The molecule has 2 N–H and O–H groups in total. The lowest BCUT2D eigenvalue weighted by atomic mass is 10.0. The average molecular weight is 223 g/mol. The van der Waals surface area contributed by atoms with Gasteiger partial charge in [-0.25, -0.2) is 0 Å². The van der Waals surface area contributed by atoms with Crippen LogP contribution in [0.3, 0.4) is 0 Å². The summed E-state index contributed by atoms with van der Waals surface area (Å²) in [6.45, 7) is 0.124. The number of anilines is 1. The van der Waals surface area contributed by atoms with E-state index in [9.17, 15) is 0 Å². The standard InChI is InChI=1S/C13H21NO2/c1-14(2)13-7-5-11(6-8-13)3-4-12(9-15)10-16/h5-8,12,15-16H,3-4,9-10H2,1-2H3. The Labute approximate surface area is 97.3 Å². The molecule has 0 aliphatic heterocycles. The normalized spacial score (nSPS) is 10.8. The molecule has 0 heterocycles. The van der Waals surface area contributed by atoms with E-state index < -0.39 is 0 Å². The molecule has 16 heavy (non-hydrogen) atoms. The summed E-state index contributed by atoms with van der Waals surface area (Å²) in [6, 6.07) is 8.37. The third-order valence-corrected chi connectivity index (χ3v) is 2.81. The topological polar surface area (TPSA) is 43.7 Å². The number of nitrogens with zero attached hydrogens (tertiary/aromatic N) is 1. The number of hydrogen-bond donors (Lipinski definition) is 2. The number of aliphatic hydroxyl groups excluding tert-OH is 2. The summed E-state index contributed by atoms with van der Waals surface area (Å²) in [5.74, 6) is 0.00789. The molecule has 0 unspecified atom stereocenters. The predicted molar refractivity (Wildman–Crippen MR) is 66.8 cm³/mol. The molecule has 1 rings (SSSR count). The van der Waals surface area contributed by atoms with Crippen LogP contribution >= 0.6 is 0 Å². The van der Waals surface area contributed by atoms with Crippen LogP contribution in [0.1, 0.15) is 12.0 Å². The molecule has 1 aromatic rings. The molecule has 3 heteroatoms. The summed E-state index contributed by atoms with van der Waals surface area (Å²) < 4.78 is 0. The highest BCUT2D eigenvalue weighted by atomic mass is 16.3. The Balaban J connectivity index is 2.49. The largest absolute Gasteiger partial charge is 0.396 e. The van der Waals surface area contributed by atoms with Crippen LogP contribution in [0.25, 0.3) is 0 Å². The molecule has 0 fully saturated rings. The molecular weight excluding hydrogens is 202 g/mol. The van der Waals surface area contributed by atoms with Crippen molar-refractivity contribution >= 4 is 5.69 Å². The van der Waals surface area contributed by atoms with E-state index >= 15 is 0 Å². The Hall–Kier alpha value is -1.06. The molecule has 3 nitrogen and oxygen atoms in total. The fourth-order valence-electron chi connectivity index (χ4n) is 1.57. The van der Waals surface area contributed by atoms with Gasteiger partial charge in [0.25, 0.3) is 0 Å². The zero-order valence-corrected chi connectivity index (χ0v) is 10.1.